The minimum absolute atomic E-state index is 0.0213. The fourth-order valence-electron chi connectivity index (χ4n) is 3.39. The maximum atomic E-state index is 12.9. The molecule has 0 bridgehead atoms. The van der Waals surface area contributed by atoms with E-state index in [0.717, 1.165) is 5.69 Å². The first-order valence-electron chi connectivity index (χ1n) is 9.67. The minimum Gasteiger partial charge on any atom is -0.497 e. The molecular weight excluding hydrogens is 438 g/mol. The van der Waals surface area contributed by atoms with Crippen molar-refractivity contribution >= 4 is 51.5 Å². The summed E-state index contributed by atoms with van der Waals surface area (Å²) in [6.45, 7) is 2.01. The first-order chi connectivity index (χ1) is 14.9. The van der Waals surface area contributed by atoms with Gasteiger partial charge >= 0.3 is 5.63 Å². The summed E-state index contributed by atoms with van der Waals surface area (Å²) in [5.41, 5.74) is 0.587. The lowest BCUT2D eigenvalue weighted by Crippen LogP contribution is -2.52. The molecule has 1 aliphatic heterocycles. The molecule has 1 N–H and O–H groups in total. The minimum atomic E-state index is -0.659. The number of rotatable bonds is 3. The number of anilines is 1. The van der Waals surface area contributed by atoms with Gasteiger partial charge < -0.3 is 24.3 Å². The van der Waals surface area contributed by atoms with E-state index in [1.54, 1.807) is 41.3 Å². The number of piperazine rings is 1. The Kier molecular flexibility index (Phi) is 6.11. The van der Waals surface area contributed by atoms with Gasteiger partial charge in [-0.3, -0.25) is 4.79 Å². The standard InChI is InChI=1S/C22H20ClN3O4S/c1-29-17-7-2-14-12-18(21(28)30-19(14)13-17)20(27)25-8-10-26(11-9-25)22(31)24-16-5-3-15(23)4-6-16/h2-7,12-13H,8-11H2,1H3,(H,24,31). The molecule has 1 aromatic heterocycles. The summed E-state index contributed by atoms with van der Waals surface area (Å²) in [6.07, 6.45) is 0. The van der Waals surface area contributed by atoms with E-state index in [0.29, 0.717) is 53.0 Å². The number of thiocarbonyl (C=S) groups is 1. The molecule has 0 unspecified atom stereocenters. The zero-order valence-corrected chi connectivity index (χ0v) is 18.3. The van der Waals surface area contributed by atoms with E-state index in [9.17, 15) is 9.59 Å². The number of carbonyl (C=O) groups excluding carboxylic acids is 1. The predicted molar refractivity (Wildman–Crippen MR) is 124 cm³/mol. The first-order valence-corrected chi connectivity index (χ1v) is 10.5. The van der Waals surface area contributed by atoms with Gasteiger partial charge in [0, 0.05) is 48.3 Å². The third-order valence-corrected chi connectivity index (χ3v) is 5.74. The van der Waals surface area contributed by atoms with Crippen LogP contribution in [0.15, 0.2) is 57.7 Å². The Labute approximate surface area is 189 Å². The summed E-state index contributed by atoms with van der Waals surface area (Å²) in [5.74, 6) is 0.233. The quantitative estimate of drug-likeness (QED) is 0.475. The molecule has 0 aliphatic carbocycles. The van der Waals surface area contributed by atoms with Gasteiger partial charge in [-0.1, -0.05) is 11.6 Å². The first kappa shape index (κ1) is 21.1. The monoisotopic (exact) mass is 457 g/mol. The maximum Gasteiger partial charge on any atom is 0.349 e. The van der Waals surface area contributed by atoms with Crippen molar-refractivity contribution in [2.45, 2.75) is 0 Å². The highest BCUT2D eigenvalue weighted by Crippen LogP contribution is 2.21. The number of carbonyl (C=O) groups is 1. The Bertz CT molecular complexity index is 1190. The highest BCUT2D eigenvalue weighted by atomic mass is 35.5. The third kappa shape index (κ3) is 4.65. The van der Waals surface area contributed by atoms with Gasteiger partial charge in [0.05, 0.1) is 7.11 Å². The summed E-state index contributed by atoms with van der Waals surface area (Å²) >= 11 is 11.4. The van der Waals surface area contributed by atoms with Gasteiger partial charge in [-0.15, -0.1) is 0 Å². The Morgan fingerprint density at radius 1 is 1.06 bits per heavy atom. The van der Waals surface area contributed by atoms with Crippen LogP contribution in [0.2, 0.25) is 5.02 Å². The Hall–Kier alpha value is -3.10. The molecule has 2 aromatic carbocycles. The van der Waals surface area contributed by atoms with Crippen molar-refractivity contribution < 1.29 is 13.9 Å². The molecule has 1 amide bonds. The topological polar surface area (TPSA) is 75.0 Å². The summed E-state index contributed by atoms with van der Waals surface area (Å²) < 4.78 is 10.5. The molecule has 31 heavy (non-hydrogen) atoms. The van der Waals surface area contributed by atoms with Crippen molar-refractivity contribution in [2.75, 3.05) is 38.6 Å². The van der Waals surface area contributed by atoms with Gasteiger partial charge in [0.25, 0.3) is 5.91 Å². The molecular formula is C22H20ClN3O4S. The van der Waals surface area contributed by atoms with Crippen LogP contribution in [-0.4, -0.2) is 54.1 Å². The maximum absolute atomic E-state index is 12.9. The molecule has 4 rings (SSSR count). The number of hydrogen-bond acceptors (Lipinski definition) is 5. The zero-order valence-electron chi connectivity index (χ0n) is 16.8. The molecule has 0 spiro atoms. The number of methoxy groups -OCH3 is 1. The van der Waals surface area contributed by atoms with E-state index in [4.69, 9.17) is 33.0 Å². The molecule has 1 aliphatic rings. The molecule has 160 valence electrons. The highest BCUT2D eigenvalue weighted by Gasteiger charge is 2.26. The number of amides is 1. The molecule has 0 radical (unpaired) electrons. The summed E-state index contributed by atoms with van der Waals surface area (Å²) in [5, 5.41) is 5.07. The van der Waals surface area contributed by atoms with E-state index in [1.807, 2.05) is 17.0 Å². The van der Waals surface area contributed by atoms with Crippen LogP contribution in [0, 0.1) is 0 Å². The van der Waals surface area contributed by atoms with E-state index in [2.05, 4.69) is 5.32 Å². The highest BCUT2D eigenvalue weighted by molar-refractivity contribution is 7.80. The number of nitrogens with zero attached hydrogens (tertiary/aromatic N) is 2. The van der Waals surface area contributed by atoms with Gasteiger partial charge in [-0.05, 0) is 54.7 Å². The SMILES string of the molecule is COc1ccc2cc(C(=O)N3CCN(C(=S)Nc4ccc(Cl)cc4)CC3)c(=O)oc2c1. The molecule has 9 heteroatoms. The number of fused-ring (bicyclic) bond motifs is 1. The van der Waals surface area contributed by atoms with Crippen LogP contribution < -0.4 is 15.7 Å². The number of halogens is 1. The average Bonchev–Trinajstić information content (AvgIpc) is 2.79. The Balaban J connectivity index is 1.42. The summed E-state index contributed by atoms with van der Waals surface area (Å²) in [6, 6.07) is 14.0. The van der Waals surface area contributed by atoms with Gasteiger partial charge in [0.15, 0.2) is 5.11 Å². The van der Waals surface area contributed by atoms with Crippen molar-refractivity contribution in [1.29, 1.82) is 0 Å². The second-order valence-electron chi connectivity index (χ2n) is 7.07. The molecule has 1 saturated heterocycles. The van der Waals surface area contributed by atoms with Crippen LogP contribution in [0.1, 0.15) is 10.4 Å². The normalized spacial score (nSPS) is 13.9. The smallest absolute Gasteiger partial charge is 0.349 e. The predicted octanol–water partition coefficient (Wildman–Crippen LogP) is 3.61. The molecule has 0 atom stereocenters. The van der Waals surface area contributed by atoms with Crippen molar-refractivity contribution in [2.24, 2.45) is 0 Å². The number of ether oxygens (including phenoxy) is 1. The summed E-state index contributed by atoms with van der Waals surface area (Å²) in [7, 11) is 1.54. The van der Waals surface area contributed by atoms with Gasteiger partial charge in [-0.25, -0.2) is 4.79 Å². The fraction of sp³-hybridized carbons (Fsp3) is 0.227. The van der Waals surface area contributed by atoms with Crippen LogP contribution in [0.25, 0.3) is 11.0 Å². The summed E-state index contributed by atoms with van der Waals surface area (Å²) in [4.78, 5) is 29.0. The van der Waals surface area contributed by atoms with Crippen molar-refractivity contribution in [1.82, 2.24) is 9.80 Å². The molecule has 7 nitrogen and oxygen atoms in total. The molecule has 1 fully saturated rings. The van der Waals surface area contributed by atoms with Crippen LogP contribution in [-0.2, 0) is 0 Å². The Morgan fingerprint density at radius 2 is 1.74 bits per heavy atom. The number of hydrogen-bond donors (Lipinski definition) is 1. The second kappa shape index (κ2) is 8.95. The number of benzene rings is 2. The van der Waals surface area contributed by atoms with E-state index >= 15 is 0 Å². The molecule has 2 heterocycles. The fourth-order valence-corrected chi connectivity index (χ4v) is 3.81. The van der Waals surface area contributed by atoms with Crippen molar-refractivity contribution in [3.63, 3.8) is 0 Å². The number of nitrogens with one attached hydrogen (secondary N) is 1. The third-order valence-electron chi connectivity index (χ3n) is 5.12. The van der Waals surface area contributed by atoms with Crippen molar-refractivity contribution in [3.8, 4) is 5.75 Å². The second-order valence-corrected chi connectivity index (χ2v) is 7.89. The van der Waals surface area contributed by atoms with Crippen LogP contribution >= 0.6 is 23.8 Å². The molecule has 0 saturated carbocycles. The lowest BCUT2D eigenvalue weighted by molar-refractivity contribution is 0.0689. The van der Waals surface area contributed by atoms with Crippen molar-refractivity contribution in [3.05, 3.63) is 69.5 Å². The van der Waals surface area contributed by atoms with E-state index < -0.39 is 5.63 Å². The lowest BCUT2D eigenvalue weighted by Gasteiger charge is -2.36. The lowest BCUT2D eigenvalue weighted by atomic mass is 10.1. The van der Waals surface area contributed by atoms with Gasteiger partial charge in [0.1, 0.15) is 16.9 Å². The van der Waals surface area contributed by atoms with E-state index in [1.165, 1.54) is 7.11 Å². The molecule has 3 aromatic rings. The Morgan fingerprint density at radius 3 is 2.42 bits per heavy atom. The van der Waals surface area contributed by atoms with E-state index in [-0.39, 0.29) is 11.5 Å². The van der Waals surface area contributed by atoms with Crippen LogP contribution in [0.4, 0.5) is 5.69 Å². The van der Waals surface area contributed by atoms with Crippen LogP contribution in [0.5, 0.6) is 5.75 Å². The average molecular weight is 458 g/mol. The van der Waals surface area contributed by atoms with Gasteiger partial charge in [-0.2, -0.15) is 0 Å². The van der Waals surface area contributed by atoms with Crippen LogP contribution in [0.3, 0.4) is 0 Å². The largest absolute Gasteiger partial charge is 0.497 e. The van der Waals surface area contributed by atoms with Gasteiger partial charge in [0.2, 0.25) is 0 Å². The zero-order chi connectivity index (χ0) is 22.0.